The number of amides is 1. The van der Waals surface area contributed by atoms with Crippen molar-refractivity contribution in [2.75, 3.05) is 20.3 Å². The number of ether oxygens (including phenoxy) is 2. The van der Waals surface area contributed by atoms with Gasteiger partial charge >= 0.3 is 0 Å². The fourth-order valence-electron chi connectivity index (χ4n) is 2.05. The number of carbonyl (C=O) groups excluding carboxylic acids is 1. The molecule has 1 aromatic carbocycles. The lowest BCUT2D eigenvalue weighted by Gasteiger charge is -2.13. The van der Waals surface area contributed by atoms with E-state index in [0.29, 0.717) is 12.6 Å². The number of methoxy groups -OCH3 is 1. The molecule has 1 amide bonds. The zero-order valence-electron chi connectivity index (χ0n) is 12.7. The van der Waals surface area contributed by atoms with Gasteiger partial charge in [-0.25, -0.2) is 0 Å². The Balaban J connectivity index is 1.73. The minimum Gasteiger partial charge on any atom is -0.484 e. The molecule has 0 spiro atoms. The maximum absolute atomic E-state index is 11.7. The predicted octanol–water partition coefficient (Wildman–Crippen LogP) is 1.47. The summed E-state index contributed by atoms with van der Waals surface area (Å²) in [6, 6.07) is 8.52. The molecular formula is C16H24N2O3. The van der Waals surface area contributed by atoms with E-state index in [1.54, 1.807) is 7.11 Å². The molecule has 1 aromatic rings. The zero-order chi connectivity index (χ0) is 15.1. The van der Waals surface area contributed by atoms with Crippen LogP contribution in [0, 0.1) is 0 Å². The Labute approximate surface area is 126 Å². The van der Waals surface area contributed by atoms with Gasteiger partial charge in [-0.15, -0.1) is 0 Å². The highest BCUT2D eigenvalue weighted by atomic mass is 16.5. The van der Waals surface area contributed by atoms with Crippen LogP contribution in [0.15, 0.2) is 24.3 Å². The summed E-state index contributed by atoms with van der Waals surface area (Å²) in [5.41, 5.74) is 1.17. The van der Waals surface area contributed by atoms with Crippen LogP contribution in [0.5, 0.6) is 5.75 Å². The first kappa shape index (κ1) is 15.8. The SMILES string of the molecule is COCC(C)NC(=O)COc1cccc(CNC2CC2)c1. The highest BCUT2D eigenvalue weighted by Crippen LogP contribution is 2.20. The molecule has 0 heterocycles. The maximum atomic E-state index is 11.7. The largest absolute Gasteiger partial charge is 0.484 e. The summed E-state index contributed by atoms with van der Waals surface area (Å²) >= 11 is 0. The molecule has 0 aromatic heterocycles. The van der Waals surface area contributed by atoms with Crippen molar-refractivity contribution in [2.24, 2.45) is 0 Å². The average molecular weight is 292 g/mol. The average Bonchev–Trinajstić information content (AvgIpc) is 3.28. The first-order valence-corrected chi connectivity index (χ1v) is 7.41. The summed E-state index contributed by atoms with van der Waals surface area (Å²) in [5, 5.41) is 6.27. The molecule has 1 saturated carbocycles. The molecule has 21 heavy (non-hydrogen) atoms. The van der Waals surface area contributed by atoms with E-state index in [2.05, 4.69) is 16.7 Å². The molecule has 0 bridgehead atoms. The minimum atomic E-state index is -0.138. The second-order valence-electron chi connectivity index (χ2n) is 5.52. The van der Waals surface area contributed by atoms with Gasteiger partial charge in [-0.3, -0.25) is 4.79 Å². The van der Waals surface area contributed by atoms with E-state index in [1.807, 2.05) is 25.1 Å². The highest BCUT2D eigenvalue weighted by Gasteiger charge is 2.19. The Hall–Kier alpha value is -1.59. The Kier molecular flexibility index (Phi) is 6.02. The number of rotatable bonds is 9. The van der Waals surface area contributed by atoms with Gasteiger partial charge in [-0.2, -0.15) is 0 Å². The van der Waals surface area contributed by atoms with Crippen molar-refractivity contribution in [3.63, 3.8) is 0 Å². The summed E-state index contributed by atoms with van der Waals surface area (Å²) < 4.78 is 10.5. The van der Waals surface area contributed by atoms with E-state index >= 15 is 0 Å². The first-order chi connectivity index (χ1) is 10.2. The van der Waals surface area contributed by atoms with Crippen LogP contribution < -0.4 is 15.4 Å². The smallest absolute Gasteiger partial charge is 0.258 e. The standard InChI is InChI=1S/C16H24N2O3/c1-12(10-20-2)18-16(19)11-21-15-5-3-4-13(8-15)9-17-14-6-7-14/h3-5,8,12,14,17H,6-7,9-11H2,1-2H3,(H,18,19). The normalized spacial score (nSPS) is 15.5. The van der Waals surface area contributed by atoms with Crippen LogP contribution in [0.3, 0.4) is 0 Å². The molecule has 1 aliphatic rings. The van der Waals surface area contributed by atoms with Crippen molar-refractivity contribution in [3.8, 4) is 5.75 Å². The fraction of sp³-hybridized carbons (Fsp3) is 0.562. The second kappa shape index (κ2) is 8.00. The van der Waals surface area contributed by atoms with Crippen molar-refractivity contribution in [3.05, 3.63) is 29.8 Å². The van der Waals surface area contributed by atoms with Gasteiger partial charge in [0, 0.05) is 25.7 Å². The number of hydrogen-bond acceptors (Lipinski definition) is 4. The Morgan fingerprint density at radius 3 is 2.95 bits per heavy atom. The Morgan fingerprint density at radius 1 is 1.43 bits per heavy atom. The third-order valence-electron chi connectivity index (χ3n) is 3.26. The summed E-state index contributed by atoms with van der Waals surface area (Å²) in [5.74, 6) is 0.584. The molecule has 2 rings (SSSR count). The van der Waals surface area contributed by atoms with Gasteiger partial charge in [-0.1, -0.05) is 12.1 Å². The van der Waals surface area contributed by atoms with Crippen molar-refractivity contribution in [1.29, 1.82) is 0 Å². The molecule has 1 aliphatic carbocycles. The lowest BCUT2D eigenvalue weighted by Crippen LogP contribution is -2.38. The van der Waals surface area contributed by atoms with Gasteiger partial charge < -0.3 is 20.1 Å². The van der Waals surface area contributed by atoms with Crippen LogP contribution >= 0.6 is 0 Å². The molecule has 0 radical (unpaired) electrons. The van der Waals surface area contributed by atoms with Crippen molar-refractivity contribution in [2.45, 2.75) is 38.4 Å². The van der Waals surface area contributed by atoms with E-state index in [0.717, 1.165) is 12.3 Å². The monoisotopic (exact) mass is 292 g/mol. The lowest BCUT2D eigenvalue weighted by atomic mass is 10.2. The third-order valence-corrected chi connectivity index (χ3v) is 3.26. The minimum absolute atomic E-state index is 0.0137. The molecule has 116 valence electrons. The van der Waals surface area contributed by atoms with Gasteiger partial charge in [0.1, 0.15) is 5.75 Å². The van der Waals surface area contributed by atoms with Gasteiger partial charge in [0.15, 0.2) is 6.61 Å². The van der Waals surface area contributed by atoms with Crippen LogP contribution in [-0.4, -0.2) is 38.3 Å². The van der Waals surface area contributed by atoms with Crippen LogP contribution in [0.4, 0.5) is 0 Å². The van der Waals surface area contributed by atoms with Crippen LogP contribution in [-0.2, 0) is 16.1 Å². The molecule has 0 aliphatic heterocycles. The quantitative estimate of drug-likeness (QED) is 0.723. The Morgan fingerprint density at radius 2 is 2.24 bits per heavy atom. The number of benzene rings is 1. The molecule has 0 saturated heterocycles. The van der Waals surface area contributed by atoms with E-state index in [9.17, 15) is 4.79 Å². The van der Waals surface area contributed by atoms with Crippen molar-refractivity contribution in [1.82, 2.24) is 10.6 Å². The summed E-state index contributed by atoms with van der Waals surface area (Å²) in [6.07, 6.45) is 2.55. The lowest BCUT2D eigenvalue weighted by molar-refractivity contribution is -0.124. The fourth-order valence-corrected chi connectivity index (χ4v) is 2.05. The molecule has 1 atom stereocenters. The number of nitrogens with one attached hydrogen (secondary N) is 2. The summed E-state index contributed by atoms with van der Waals surface area (Å²) in [7, 11) is 1.61. The Bertz CT molecular complexity index is 461. The molecule has 5 nitrogen and oxygen atoms in total. The highest BCUT2D eigenvalue weighted by molar-refractivity contribution is 5.77. The number of hydrogen-bond donors (Lipinski definition) is 2. The van der Waals surface area contributed by atoms with Gasteiger partial charge in [0.05, 0.1) is 6.61 Å². The summed E-state index contributed by atoms with van der Waals surface area (Å²) in [4.78, 5) is 11.7. The van der Waals surface area contributed by atoms with E-state index in [-0.39, 0.29) is 18.6 Å². The molecule has 2 N–H and O–H groups in total. The van der Waals surface area contributed by atoms with Crippen LogP contribution in [0.2, 0.25) is 0 Å². The van der Waals surface area contributed by atoms with Gasteiger partial charge in [0.2, 0.25) is 0 Å². The molecule has 5 heteroatoms. The topological polar surface area (TPSA) is 59.6 Å². The molecule has 1 unspecified atom stereocenters. The van der Waals surface area contributed by atoms with Crippen molar-refractivity contribution < 1.29 is 14.3 Å². The summed E-state index contributed by atoms with van der Waals surface area (Å²) in [6.45, 7) is 3.26. The van der Waals surface area contributed by atoms with Gasteiger partial charge in [0.25, 0.3) is 5.91 Å². The third kappa shape index (κ3) is 6.14. The van der Waals surface area contributed by atoms with Crippen LogP contribution in [0.1, 0.15) is 25.3 Å². The predicted molar refractivity (Wildman–Crippen MR) is 81.3 cm³/mol. The molecular weight excluding hydrogens is 268 g/mol. The second-order valence-corrected chi connectivity index (χ2v) is 5.52. The van der Waals surface area contributed by atoms with Crippen LogP contribution in [0.25, 0.3) is 0 Å². The first-order valence-electron chi connectivity index (χ1n) is 7.41. The van der Waals surface area contributed by atoms with Crippen molar-refractivity contribution >= 4 is 5.91 Å². The van der Waals surface area contributed by atoms with E-state index < -0.39 is 0 Å². The maximum Gasteiger partial charge on any atom is 0.258 e. The number of carbonyl (C=O) groups is 1. The van der Waals surface area contributed by atoms with Gasteiger partial charge in [-0.05, 0) is 37.5 Å². The zero-order valence-corrected chi connectivity index (χ0v) is 12.7. The van der Waals surface area contributed by atoms with E-state index in [4.69, 9.17) is 9.47 Å². The molecule has 1 fully saturated rings. The van der Waals surface area contributed by atoms with E-state index in [1.165, 1.54) is 18.4 Å².